The van der Waals surface area contributed by atoms with Crippen LogP contribution in [0.5, 0.6) is 0 Å². The van der Waals surface area contributed by atoms with Gasteiger partial charge in [-0.2, -0.15) is 0 Å². The standard InChI is InChI=1S/C23H38N4O3/c28-23(25-8-2-10-27-13-17-30-18-14-27)19-21-3-5-22(6-4-21)20-24-7-1-9-26-11-15-29-16-12-26/h3-6,24H,1-2,7-20H2,(H,25,28). The molecule has 0 radical (unpaired) electrons. The van der Waals surface area contributed by atoms with Gasteiger partial charge in [0.2, 0.25) is 5.91 Å². The monoisotopic (exact) mass is 418 g/mol. The number of carbonyl (C=O) groups is 1. The number of morpholine rings is 2. The van der Waals surface area contributed by atoms with E-state index < -0.39 is 0 Å². The number of ether oxygens (including phenoxy) is 2. The summed E-state index contributed by atoms with van der Waals surface area (Å²) in [5.74, 6) is 0.103. The average Bonchev–Trinajstić information content (AvgIpc) is 2.79. The first-order chi connectivity index (χ1) is 14.8. The molecule has 2 aliphatic rings. The summed E-state index contributed by atoms with van der Waals surface area (Å²) in [5, 5.41) is 6.55. The van der Waals surface area contributed by atoms with Gasteiger partial charge in [0.1, 0.15) is 0 Å². The van der Waals surface area contributed by atoms with Crippen molar-refractivity contribution < 1.29 is 14.3 Å². The lowest BCUT2D eigenvalue weighted by Gasteiger charge is -2.26. The Kier molecular flexibility index (Phi) is 10.6. The summed E-state index contributed by atoms with van der Waals surface area (Å²) in [6.45, 7) is 12.3. The van der Waals surface area contributed by atoms with Crippen molar-refractivity contribution in [1.82, 2.24) is 20.4 Å². The Labute approximate surface area is 181 Å². The molecule has 168 valence electrons. The maximum absolute atomic E-state index is 12.2. The van der Waals surface area contributed by atoms with Gasteiger partial charge in [-0.3, -0.25) is 14.6 Å². The lowest BCUT2D eigenvalue weighted by molar-refractivity contribution is -0.120. The Morgan fingerprint density at radius 1 is 0.800 bits per heavy atom. The molecule has 1 amide bonds. The molecule has 2 fully saturated rings. The van der Waals surface area contributed by atoms with Crippen LogP contribution in [-0.4, -0.2) is 94.5 Å². The zero-order chi connectivity index (χ0) is 20.9. The van der Waals surface area contributed by atoms with E-state index in [0.29, 0.717) is 6.42 Å². The molecule has 0 bridgehead atoms. The molecule has 2 N–H and O–H groups in total. The lowest BCUT2D eigenvalue weighted by Crippen LogP contribution is -2.38. The molecule has 0 aromatic heterocycles. The molecular weight excluding hydrogens is 380 g/mol. The number of benzene rings is 1. The van der Waals surface area contributed by atoms with E-state index >= 15 is 0 Å². The predicted octanol–water partition coefficient (Wildman–Crippen LogP) is 0.880. The van der Waals surface area contributed by atoms with Crippen molar-refractivity contribution in [3.05, 3.63) is 35.4 Å². The van der Waals surface area contributed by atoms with Gasteiger partial charge in [-0.05, 0) is 43.6 Å². The van der Waals surface area contributed by atoms with Crippen LogP contribution in [0.25, 0.3) is 0 Å². The number of carbonyl (C=O) groups excluding carboxylic acids is 1. The Morgan fingerprint density at radius 3 is 1.93 bits per heavy atom. The van der Waals surface area contributed by atoms with Gasteiger partial charge in [-0.25, -0.2) is 0 Å². The van der Waals surface area contributed by atoms with E-state index in [1.807, 2.05) is 0 Å². The Hall–Kier alpha value is -1.51. The molecule has 0 unspecified atom stereocenters. The number of nitrogens with one attached hydrogen (secondary N) is 2. The van der Waals surface area contributed by atoms with Gasteiger partial charge in [0, 0.05) is 39.3 Å². The molecule has 30 heavy (non-hydrogen) atoms. The second kappa shape index (κ2) is 13.7. The molecule has 2 aliphatic heterocycles. The van der Waals surface area contributed by atoms with Crippen LogP contribution in [0.4, 0.5) is 0 Å². The molecular formula is C23H38N4O3. The minimum Gasteiger partial charge on any atom is -0.379 e. The van der Waals surface area contributed by atoms with Crippen molar-refractivity contribution in [2.75, 3.05) is 78.8 Å². The third kappa shape index (κ3) is 9.10. The van der Waals surface area contributed by atoms with Crippen LogP contribution in [-0.2, 0) is 27.2 Å². The number of hydrogen-bond donors (Lipinski definition) is 2. The molecule has 2 heterocycles. The van der Waals surface area contributed by atoms with E-state index in [1.165, 1.54) is 5.56 Å². The number of hydrogen-bond acceptors (Lipinski definition) is 6. The summed E-state index contributed by atoms with van der Waals surface area (Å²) in [5.41, 5.74) is 2.33. The number of nitrogens with zero attached hydrogens (tertiary/aromatic N) is 2. The summed E-state index contributed by atoms with van der Waals surface area (Å²) in [6.07, 6.45) is 2.59. The third-order valence-corrected chi connectivity index (χ3v) is 5.73. The lowest BCUT2D eigenvalue weighted by atomic mass is 10.1. The highest BCUT2D eigenvalue weighted by Crippen LogP contribution is 2.06. The molecule has 0 atom stereocenters. The zero-order valence-corrected chi connectivity index (χ0v) is 18.2. The van der Waals surface area contributed by atoms with Crippen LogP contribution in [0.3, 0.4) is 0 Å². The van der Waals surface area contributed by atoms with E-state index in [2.05, 4.69) is 44.7 Å². The third-order valence-electron chi connectivity index (χ3n) is 5.73. The summed E-state index contributed by atoms with van der Waals surface area (Å²) < 4.78 is 10.7. The first kappa shape index (κ1) is 23.2. The van der Waals surface area contributed by atoms with Crippen molar-refractivity contribution in [2.45, 2.75) is 25.8 Å². The Balaban J connectivity index is 1.22. The SMILES string of the molecule is O=C(Cc1ccc(CNCCCN2CCOCC2)cc1)NCCCN1CCOCC1. The van der Waals surface area contributed by atoms with Gasteiger partial charge in [0.25, 0.3) is 0 Å². The van der Waals surface area contributed by atoms with Crippen molar-refractivity contribution in [3.63, 3.8) is 0 Å². The first-order valence-corrected chi connectivity index (χ1v) is 11.4. The predicted molar refractivity (Wildman–Crippen MR) is 119 cm³/mol. The molecule has 1 aromatic rings. The highest BCUT2D eigenvalue weighted by atomic mass is 16.5. The summed E-state index contributed by atoms with van der Waals surface area (Å²) >= 11 is 0. The quantitative estimate of drug-likeness (QED) is 0.492. The second-order valence-corrected chi connectivity index (χ2v) is 8.14. The highest BCUT2D eigenvalue weighted by Gasteiger charge is 2.10. The van der Waals surface area contributed by atoms with Crippen LogP contribution in [0.15, 0.2) is 24.3 Å². The van der Waals surface area contributed by atoms with Crippen LogP contribution in [0, 0.1) is 0 Å². The summed E-state index contributed by atoms with van der Waals surface area (Å²) in [4.78, 5) is 17.0. The summed E-state index contributed by atoms with van der Waals surface area (Å²) in [6, 6.07) is 8.38. The molecule has 0 aliphatic carbocycles. The molecule has 1 aromatic carbocycles. The number of amides is 1. The van der Waals surface area contributed by atoms with Crippen LogP contribution in [0.1, 0.15) is 24.0 Å². The Morgan fingerprint density at radius 2 is 1.33 bits per heavy atom. The van der Waals surface area contributed by atoms with Gasteiger partial charge in [0.05, 0.1) is 32.8 Å². The van der Waals surface area contributed by atoms with E-state index in [4.69, 9.17) is 9.47 Å². The van der Waals surface area contributed by atoms with Crippen LogP contribution in [0.2, 0.25) is 0 Å². The van der Waals surface area contributed by atoms with Crippen molar-refractivity contribution in [2.24, 2.45) is 0 Å². The maximum Gasteiger partial charge on any atom is 0.224 e. The minimum absolute atomic E-state index is 0.103. The normalized spacial score (nSPS) is 18.4. The fourth-order valence-electron chi connectivity index (χ4n) is 3.86. The summed E-state index contributed by atoms with van der Waals surface area (Å²) in [7, 11) is 0. The van der Waals surface area contributed by atoms with E-state index in [-0.39, 0.29) is 5.91 Å². The van der Waals surface area contributed by atoms with Gasteiger partial charge in [-0.15, -0.1) is 0 Å². The Bertz CT molecular complexity index is 599. The van der Waals surface area contributed by atoms with Crippen LogP contribution >= 0.6 is 0 Å². The van der Waals surface area contributed by atoms with Crippen molar-refractivity contribution in [3.8, 4) is 0 Å². The smallest absolute Gasteiger partial charge is 0.224 e. The van der Waals surface area contributed by atoms with Gasteiger partial charge < -0.3 is 20.1 Å². The van der Waals surface area contributed by atoms with E-state index in [0.717, 1.165) is 104 Å². The largest absolute Gasteiger partial charge is 0.379 e. The van der Waals surface area contributed by atoms with Gasteiger partial charge >= 0.3 is 0 Å². The minimum atomic E-state index is 0.103. The molecule has 7 heteroatoms. The molecule has 0 saturated carbocycles. The van der Waals surface area contributed by atoms with Crippen LogP contribution < -0.4 is 10.6 Å². The zero-order valence-electron chi connectivity index (χ0n) is 18.2. The molecule has 0 spiro atoms. The topological polar surface area (TPSA) is 66.1 Å². The van der Waals surface area contributed by atoms with E-state index in [1.54, 1.807) is 0 Å². The second-order valence-electron chi connectivity index (χ2n) is 8.14. The van der Waals surface area contributed by atoms with Gasteiger partial charge in [-0.1, -0.05) is 24.3 Å². The highest BCUT2D eigenvalue weighted by molar-refractivity contribution is 5.78. The fraction of sp³-hybridized carbons (Fsp3) is 0.696. The van der Waals surface area contributed by atoms with E-state index in [9.17, 15) is 4.79 Å². The van der Waals surface area contributed by atoms with Crippen molar-refractivity contribution in [1.29, 1.82) is 0 Å². The molecule has 2 saturated heterocycles. The maximum atomic E-state index is 12.2. The molecule has 7 nitrogen and oxygen atoms in total. The van der Waals surface area contributed by atoms with Crippen molar-refractivity contribution >= 4 is 5.91 Å². The number of rotatable bonds is 12. The average molecular weight is 419 g/mol. The first-order valence-electron chi connectivity index (χ1n) is 11.4. The fourth-order valence-corrected chi connectivity index (χ4v) is 3.86. The molecule has 3 rings (SSSR count). The van der Waals surface area contributed by atoms with Gasteiger partial charge in [0.15, 0.2) is 0 Å².